The van der Waals surface area contributed by atoms with Gasteiger partial charge in [-0.15, -0.1) is 9.05 Å². The Morgan fingerprint density at radius 3 is 0.727 bits per heavy atom. The van der Waals surface area contributed by atoms with Crippen molar-refractivity contribution in [2.75, 3.05) is 0 Å². The van der Waals surface area contributed by atoms with Crippen LogP contribution in [0.25, 0.3) is 0 Å². The van der Waals surface area contributed by atoms with E-state index in [-0.39, 0.29) is 46.9 Å². The molecule has 0 aliphatic carbocycles. The molecule has 0 aromatic carbocycles. The van der Waals surface area contributed by atoms with Gasteiger partial charge in [-0.2, -0.15) is 0 Å². The van der Waals surface area contributed by atoms with E-state index < -0.39 is 18.1 Å². The summed E-state index contributed by atoms with van der Waals surface area (Å²) in [6.45, 7) is 0. The van der Waals surface area contributed by atoms with Gasteiger partial charge in [0.15, 0.2) is 0 Å². The van der Waals surface area contributed by atoms with Gasteiger partial charge in [0.1, 0.15) is 0 Å². The molecule has 0 rings (SSSR count). The van der Waals surface area contributed by atoms with E-state index in [4.69, 9.17) is 38.4 Å². The molecule has 0 spiro atoms. The van der Waals surface area contributed by atoms with E-state index in [1.54, 1.807) is 0 Å². The maximum Gasteiger partial charge on any atom is 3.00 e. The number of rotatable bonds is 0. The minimum atomic E-state index is -5.36. The third-order valence-corrected chi connectivity index (χ3v) is 0. The third kappa shape index (κ3) is 405. The molecule has 0 amide bonds. The van der Waals surface area contributed by atoms with Gasteiger partial charge >= 0.3 is 56.0 Å². The molecule has 0 atom stereocenters. The van der Waals surface area contributed by atoms with Gasteiger partial charge in [0.05, 0.1) is 0 Å². The van der Waals surface area contributed by atoms with Crippen molar-refractivity contribution in [3.05, 3.63) is 0 Å². The molecule has 0 bridgehead atoms. The van der Waals surface area contributed by atoms with Gasteiger partial charge in [-0.1, -0.05) is 0 Å². The van der Waals surface area contributed by atoms with E-state index >= 15 is 0 Å². The molecule has 0 saturated carbocycles. The van der Waals surface area contributed by atoms with Crippen LogP contribution in [0.2, 0.25) is 0 Å². The van der Waals surface area contributed by atoms with Gasteiger partial charge in [-0.3, -0.25) is 0 Å². The first kappa shape index (κ1) is 18.4. The van der Waals surface area contributed by atoms with Crippen molar-refractivity contribution in [1.82, 2.24) is 0 Å². The molecule has 11 heteroatoms. The van der Waals surface area contributed by atoms with Crippen molar-refractivity contribution in [3.8, 4) is 0 Å². The summed E-state index contributed by atoms with van der Waals surface area (Å²) in [5.41, 5.74) is 0. The average Bonchev–Trinajstić information content (AvgIpc) is 1.12. The Labute approximate surface area is 102 Å². The molecule has 5 N–H and O–H groups in total. The first-order valence-corrected chi connectivity index (χ1v) is 5.19. The summed E-state index contributed by atoms with van der Waals surface area (Å²) in [4.78, 5) is 62.4. The summed E-state index contributed by atoms with van der Waals surface area (Å²) in [5, 5.41) is 0. The zero-order chi connectivity index (χ0) is 9.00. The Morgan fingerprint density at radius 1 is 0.727 bits per heavy atom. The second kappa shape index (κ2) is 7.08. The van der Waals surface area contributed by atoms with Crippen LogP contribution < -0.4 is 14.4 Å². The van der Waals surface area contributed by atoms with Crippen LogP contribution in [0.1, 0.15) is 0 Å². The van der Waals surface area contributed by atoms with Crippen LogP contribution in [0, 0.1) is 46.9 Å². The van der Waals surface area contributed by atoms with Crippen LogP contribution in [0.5, 0.6) is 0 Å². The minimum absolute atomic E-state index is 0. The second-order valence-corrected chi connectivity index (χ2v) is 3.37. The van der Waals surface area contributed by atoms with Crippen molar-refractivity contribution in [3.63, 3.8) is 0 Å². The van der Waals surface area contributed by atoms with Crippen molar-refractivity contribution in [2.45, 2.75) is 0 Å². The molecule has 11 heavy (non-hydrogen) atoms. The smallest absolute Gasteiger partial charge is 0.861 e. The number of hydrogen-bond donors (Lipinski definition) is 5. The molecule has 8 nitrogen and oxygen atoms in total. The molecule has 75 valence electrons. The van der Waals surface area contributed by atoms with Gasteiger partial charge in [0.2, 0.25) is 0 Å². The van der Waals surface area contributed by atoms with Crippen molar-refractivity contribution < 1.29 is 85.3 Å². The predicted octanol–water partition coefficient (Wildman–Crippen LogP) is -7.11. The standard InChI is InChI=1S/H4O4Si.HO4Si.Yb/c2*1-5(2,3)4;/h1-4H;1H;/q;-3;+3. The molecule has 0 aromatic heterocycles. The van der Waals surface area contributed by atoms with Gasteiger partial charge in [-0.05, 0) is 0 Å². The maximum absolute atomic E-state index is 8.69. The van der Waals surface area contributed by atoms with Gasteiger partial charge in [0.25, 0.3) is 0 Å². The summed E-state index contributed by atoms with van der Waals surface area (Å²) in [6.07, 6.45) is 0. The first-order chi connectivity index (χ1) is 4.00. The largest absolute Gasteiger partial charge is 3.00 e. The predicted molar refractivity (Wildman–Crippen MR) is 22.6 cm³/mol. The number of hydrogen-bond acceptors (Lipinski definition) is 8. The fraction of sp³-hybridized carbons (Fsp3) is 0. The van der Waals surface area contributed by atoms with Gasteiger partial charge < -0.3 is 38.4 Å². The van der Waals surface area contributed by atoms with Crippen LogP contribution in [-0.2, 0) is 0 Å². The van der Waals surface area contributed by atoms with Crippen LogP contribution in [0.3, 0.4) is 0 Å². The van der Waals surface area contributed by atoms with Gasteiger partial charge in [0, 0.05) is 0 Å². The Hall–Kier alpha value is 1.63. The Balaban J connectivity index is -0.000000107. The summed E-state index contributed by atoms with van der Waals surface area (Å²) in [5.74, 6) is 0. The van der Waals surface area contributed by atoms with E-state index in [1.165, 1.54) is 0 Å². The topological polar surface area (TPSA) is 170 Å². The molecule has 0 unspecified atom stereocenters. The molecule has 1 radical (unpaired) electrons. The monoisotopic (exact) mass is 363 g/mol. The van der Waals surface area contributed by atoms with Crippen LogP contribution in [0.15, 0.2) is 0 Å². The Morgan fingerprint density at radius 2 is 0.727 bits per heavy atom. The Kier molecular flexibility index (Phi) is 11.9. The maximum atomic E-state index is 8.69. The molecule has 0 aliphatic rings. The van der Waals surface area contributed by atoms with E-state index in [0.29, 0.717) is 0 Å². The quantitative estimate of drug-likeness (QED) is 0.265. The summed E-state index contributed by atoms with van der Waals surface area (Å²) < 4.78 is 0. The van der Waals surface area contributed by atoms with E-state index in [0.717, 1.165) is 0 Å². The molecule has 0 fully saturated rings. The molecule has 0 saturated heterocycles. The fourth-order valence-corrected chi connectivity index (χ4v) is 0. The third-order valence-electron chi connectivity index (χ3n) is 0. The zero-order valence-corrected chi connectivity index (χ0v) is 8.44. The normalized spacial score (nSPS) is 10.9. The molecular formula is H5O8Si2Yb. The van der Waals surface area contributed by atoms with Crippen molar-refractivity contribution >= 4 is 18.1 Å². The fourth-order valence-electron chi connectivity index (χ4n) is 0. The molecule has 0 aromatic rings. The molecule has 0 heterocycles. The Bertz CT molecular complexity index is 55.1. The van der Waals surface area contributed by atoms with Crippen LogP contribution >= 0.6 is 0 Å². The average molecular weight is 362 g/mol. The van der Waals surface area contributed by atoms with Crippen molar-refractivity contribution in [1.29, 1.82) is 0 Å². The second-order valence-electron chi connectivity index (χ2n) is 1.12. The molecular weight excluding hydrogens is 357 g/mol. The first-order valence-electron chi connectivity index (χ1n) is 1.73. The van der Waals surface area contributed by atoms with E-state index in [1.807, 2.05) is 0 Å². The van der Waals surface area contributed by atoms with E-state index in [2.05, 4.69) is 0 Å². The van der Waals surface area contributed by atoms with Crippen LogP contribution in [0.4, 0.5) is 0 Å². The summed E-state index contributed by atoms with van der Waals surface area (Å²) in [6, 6.07) is 0. The van der Waals surface area contributed by atoms with E-state index in [9.17, 15) is 0 Å². The van der Waals surface area contributed by atoms with Crippen LogP contribution in [-0.4, -0.2) is 42.1 Å². The molecule has 0 aliphatic heterocycles. The summed E-state index contributed by atoms with van der Waals surface area (Å²) >= 11 is 0. The zero-order valence-electron chi connectivity index (χ0n) is 4.73. The minimum Gasteiger partial charge on any atom is -0.861 e. The van der Waals surface area contributed by atoms with Crippen molar-refractivity contribution in [2.24, 2.45) is 0 Å². The van der Waals surface area contributed by atoms with Gasteiger partial charge in [-0.25, -0.2) is 0 Å². The SMILES string of the molecule is O[Si](O)(O)O.[O-][Si]([O-])([O-])O.[Yb+3]. The summed E-state index contributed by atoms with van der Waals surface area (Å²) in [7, 11) is -9.97.